The van der Waals surface area contributed by atoms with Gasteiger partial charge in [-0.2, -0.15) is 0 Å². The number of carbonyl (C=O) groups is 3. The minimum absolute atomic E-state index is 0.146. The zero-order valence-corrected chi connectivity index (χ0v) is 13.4. The first kappa shape index (κ1) is 16.4. The molecule has 0 spiro atoms. The Labute approximate surface area is 143 Å². The van der Waals surface area contributed by atoms with E-state index >= 15 is 0 Å². The number of amides is 1. The van der Waals surface area contributed by atoms with Gasteiger partial charge in [0, 0.05) is 11.6 Å². The quantitative estimate of drug-likeness (QED) is 0.684. The summed E-state index contributed by atoms with van der Waals surface area (Å²) in [5.41, 5.74) is 2.50. The number of ether oxygens (including phenoxy) is 1. The highest BCUT2D eigenvalue weighted by molar-refractivity contribution is 6.34. The number of fused-ring (bicyclic) bond motifs is 1. The molecule has 2 aromatic rings. The topological polar surface area (TPSA) is 83.9 Å². The molecular weight excluding hydrogens is 322 g/mol. The predicted molar refractivity (Wildman–Crippen MR) is 91.0 cm³/mol. The fourth-order valence-corrected chi connectivity index (χ4v) is 2.82. The molecule has 1 N–H and O–H groups in total. The summed E-state index contributed by atoms with van der Waals surface area (Å²) < 4.78 is 4.71. The lowest BCUT2D eigenvalue weighted by Gasteiger charge is -2.17. The van der Waals surface area contributed by atoms with Crippen LogP contribution in [0.25, 0.3) is 5.57 Å². The van der Waals surface area contributed by atoms with Gasteiger partial charge in [-0.15, -0.1) is 0 Å². The molecule has 0 aliphatic carbocycles. The first-order chi connectivity index (χ1) is 12.0. The predicted octanol–water partition coefficient (Wildman–Crippen LogP) is 2.49. The average Bonchev–Trinajstić information content (AvgIpc) is 2.87. The molecule has 1 aliphatic rings. The number of esters is 1. The van der Waals surface area contributed by atoms with Crippen molar-refractivity contribution in [3.05, 3.63) is 71.3 Å². The second kappa shape index (κ2) is 6.60. The van der Waals surface area contributed by atoms with Gasteiger partial charge in [0.1, 0.15) is 0 Å². The molecule has 6 nitrogen and oxygen atoms in total. The van der Waals surface area contributed by atoms with Crippen LogP contribution in [0.15, 0.2) is 54.6 Å². The van der Waals surface area contributed by atoms with Crippen molar-refractivity contribution in [1.29, 1.82) is 0 Å². The Morgan fingerprint density at radius 1 is 1.16 bits per heavy atom. The molecule has 0 atom stereocenters. The highest BCUT2D eigenvalue weighted by Crippen LogP contribution is 2.37. The number of carboxylic acid groups (broad SMARTS) is 1. The molecule has 0 saturated heterocycles. The van der Waals surface area contributed by atoms with Gasteiger partial charge in [-0.1, -0.05) is 30.3 Å². The second-order valence-electron chi connectivity index (χ2n) is 5.50. The van der Waals surface area contributed by atoms with Gasteiger partial charge < -0.3 is 14.7 Å². The molecule has 0 aromatic heterocycles. The molecule has 0 unspecified atom stereocenters. The van der Waals surface area contributed by atoms with Gasteiger partial charge in [0.25, 0.3) is 5.91 Å². The van der Waals surface area contributed by atoms with Crippen LogP contribution in [-0.2, 0) is 20.9 Å². The van der Waals surface area contributed by atoms with Crippen LogP contribution in [0.2, 0.25) is 0 Å². The van der Waals surface area contributed by atoms with E-state index in [0.29, 0.717) is 16.8 Å². The van der Waals surface area contributed by atoms with Crippen LogP contribution in [0, 0.1) is 0 Å². The van der Waals surface area contributed by atoms with Crippen molar-refractivity contribution in [3.8, 4) is 0 Å². The summed E-state index contributed by atoms with van der Waals surface area (Å²) in [4.78, 5) is 36.9. The molecule has 2 aromatic carbocycles. The molecule has 1 amide bonds. The molecule has 6 heteroatoms. The van der Waals surface area contributed by atoms with E-state index in [1.165, 1.54) is 12.0 Å². The largest absolute Gasteiger partial charge is 0.478 e. The van der Waals surface area contributed by atoms with Crippen LogP contribution in [0.4, 0.5) is 5.69 Å². The van der Waals surface area contributed by atoms with Crippen molar-refractivity contribution in [1.82, 2.24) is 0 Å². The van der Waals surface area contributed by atoms with Gasteiger partial charge in [-0.05, 0) is 23.8 Å². The smallest absolute Gasteiger partial charge is 0.337 e. The number of hydrogen-bond acceptors (Lipinski definition) is 4. The number of carboxylic acids is 1. The molecule has 126 valence electrons. The maximum absolute atomic E-state index is 12.7. The SMILES string of the molecule is COC(=O)c1cccc(CN2C(=O)C(=CC(=O)O)c3ccccc32)c1. The Bertz CT molecular complexity index is 900. The third kappa shape index (κ3) is 3.14. The Morgan fingerprint density at radius 2 is 1.92 bits per heavy atom. The van der Waals surface area contributed by atoms with Crippen molar-refractivity contribution in [2.75, 3.05) is 12.0 Å². The van der Waals surface area contributed by atoms with E-state index in [2.05, 4.69) is 0 Å². The molecule has 0 saturated carbocycles. The van der Waals surface area contributed by atoms with Gasteiger partial charge in [0.05, 0.1) is 30.5 Å². The summed E-state index contributed by atoms with van der Waals surface area (Å²) >= 11 is 0. The maximum atomic E-state index is 12.7. The normalized spacial score (nSPS) is 14.5. The van der Waals surface area contributed by atoms with E-state index in [0.717, 1.165) is 11.6 Å². The zero-order valence-electron chi connectivity index (χ0n) is 13.4. The van der Waals surface area contributed by atoms with E-state index in [4.69, 9.17) is 9.84 Å². The Kier molecular flexibility index (Phi) is 4.35. The molecule has 3 rings (SSSR count). The van der Waals surface area contributed by atoms with Crippen LogP contribution in [0.3, 0.4) is 0 Å². The van der Waals surface area contributed by atoms with Crippen LogP contribution in [-0.4, -0.2) is 30.1 Å². The van der Waals surface area contributed by atoms with Crippen LogP contribution in [0.1, 0.15) is 21.5 Å². The second-order valence-corrected chi connectivity index (χ2v) is 5.50. The highest BCUT2D eigenvalue weighted by atomic mass is 16.5. The van der Waals surface area contributed by atoms with Gasteiger partial charge >= 0.3 is 11.9 Å². The fourth-order valence-electron chi connectivity index (χ4n) is 2.82. The lowest BCUT2D eigenvalue weighted by atomic mass is 10.1. The standard InChI is InChI=1S/C19H15NO5/c1-25-19(24)13-6-4-5-12(9-13)11-20-16-8-3-2-7-14(16)15(18(20)23)10-17(21)22/h2-10H,11H2,1H3,(H,21,22). The zero-order chi connectivity index (χ0) is 18.0. The van der Waals surface area contributed by atoms with Crippen molar-refractivity contribution in [3.63, 3.8) is 0 Å². The van der Waals surface area contributed by atoms with Crippen molar-refractivity contribution >= 4 is 29.1 Å². The van der Waals surface area contributed by atoms with Gasteiger partial charge in [-0.25, -0.2) is 9.59 Å². The van der Waals surface area contributed by atoms with Crippen molar-refractivity contribution in [2.45, 2.75) is 6.54 Å². The van der Waals surface area contributed by atoms with Crippen molar-refractivity contribution in [2.24, 2.45) is 0 Å². The number of hydrogen-bond donors (Lipinski definition) is 1. The summed E-state index contributed by atoms with van der Waals surface area (Å²) in [5, 5.41) is 9.02. The maximum Gasteiger partial charge on any atom is 0.337 e. The molecule has 0 bridgehead atoms. The van der Waals surface area contributed by atoms with Crippen LogP contribution >= 0.6 is 0 Å². The third-order valence-corrected chi connectivity index (χ3v) is 3.92. The minimum atomic E-state index is -1.17. The molecule has 0 radical (unpaired) electrons. The monoisotopic (exact) mass is 337 g/mol. The molecule has 25 heavy (non-hydrogen) atoms. The number of methoxy groups -OCH3 is 1. The Morgan fingerprint density at radius 3 is 2.64 bits per heavy atom. The molecule has 1 heterocycles. The summed E-state index contributed by atoms with van der Waals surface area (Å²) in [5.74, 6) is -2.01. The number of benzene rings is 2. The van der Waals surface area contributed by atoms with Gasteiger partial charge in [0.2, 0.25) is 0 Å². The number of carbonyl (C=O) groups excluding carboxylic acids is 2. The number of para-hydroxylation sites is 1. The van der Waals surface area contributed by atoms with E-state index in [9.17, 15) is 14.4 Å². The Hall–Kier alpha value is -3.41. The van der Waals surface area contributed by atoms with Gasteiger partial charge in [-0.3, -0.25) is 4.79 Å². The Balaban J connectivity index is 1.97. The summed E-state index contributed by atoms with van der Waals surface area (Å²) in [7, 11) is 1.30. The summed E-state index contributed by atoms with van der Waals surface area (Å²) in [6, 6.07) is 13.8. The lowest BCUT2D eigenvalue weighted by molar-refractivity contribution is -0.131. The molecular formula is C19H15NO5. The molecule has 1 aliphatic heterocycles. The number of anilines is 1. The number of nitrogens with zero attached hydrogens (tertiary/aromatic N) is 1. The lowest BCUT2D eigenvalue weighted by Crippen LogP contribution is -2.26. The van der Waals surface area contributed by atoms with Gasteiger partial charge in [0.15, 0.2) is 0 Å². The average molecular weight is 337 g/mol. The van der Waals surface area contributed by atoms with E-state index in [1.54, 1.807) is 48.5 Å². The first-order valence-corrected chi connectivity index (χ1v) is 7.54. The number of rotatable bonds is 4. The van der Waals surface area contributed by atoms with Crippen LogP contribution < -0.4 is 4.90 Å². The summed E-state index contributed by atoms with van der Waals surface area (Å²) in [6.07, 6.45) is 0.923. The minimum Gasteiger partial charge on any atom is -0.478 e. The third-order valence-electron chi connectivity index (χ3n) is 3.92. The van der Waals surface area contributed by atoms with E-state index in [-0.39, 0.29) is 18.0 Å². The fraction of sp³-hybridized carbons (Fsp3) is 0.105. The summed E-state index contributed by atoms with van der Waals surface area (Å²) in [6.45, 7) is 0.220. The number of aliphatic carboxylic acids is 1. The first-order valence-electron chi connectivity index (χ1n) is 7.54. The van der Waals surface area contributed by atoms with Crippen molar-refractivity contribution < 1.29 is 24.2 Å². The molecule has 0 fully saturated rings. The van der Waals surface area contributed by atoms with E-state index in [1.807, 2.05) is 0 Å². The van der Waals surface area contributed by atoms with E-state index < -0.39 is 11.9 Å². The highest BCUT2D eigenvalue weighted by Gasteiger charge is 2.32. The van der Waals surface area contributed by atoms with Crippen LogP contribution in [0.5, 0.6) is 0 Å².